The van der Waals surface area contributed by atoms with Crippen LogP contribution in [0.3, 0.4) is 0 Å². The van der Waals surface area contributed by atoms with Crippen LogP contribution in [0.15, 0.2) is 24.3 Å². The lowest BCUT2D eigenvalue weighted by atomic mass is 10.0. The van der Waals surface area contributed by atoms with Gasteiger partial charge in [-0.3, -0.25) is 4.79 Å². The maximum absolute atomic E-state index is 12.4. The van der Waals surface area contributed by atoms with Gasteiger partial charge in [0.05, 0.1) is 0 Å². The molecule has 21 heavy (non-hydrogen) atoms. The van der Waals surface area contributed by atoms with Crippen LogP contribution in [0, 0.1) is 12.8 Å². The molecule has 1 N–H and O–H groups in total. The molecular weight excluding hydrogens is 266 g/mol. The SMILES string of the molecule is Cc1cc(C(=O)N(C)C(C)C(C)C)ccc1/C=C/C(=O)O. The summed E-state index contributed by atoms with van der Waals surface area (Å²) in [5.74, 6) is -0.620. The number of nitrogens with zero attached hydrogens (tertiary/aromatic N) is 1. The average Bonchev–Trinajstić information content (AvgIpc) is 2.43. The highest BCUT2D eigenvalue weighted by atomic mass is 16.4. The highest BCUT2D eigenvalue weighted by molar-refractivity contribution is 5.95. The molecule has 1 unspecified atom stereocenters. The smallest absolute Gasteiger partial charge is 0.328 e. The van der Waals surface area contributed by atoms with E-state index in [1.165, 1.54) is 6.08 Å². The number of amides is 1. The first-order valence-corrected chi connectivity index (χ1v) is 7.02. The minimum absolute atomic E-state index is 0.0203. The van der Waals surface area contributed by atoms with Gasteiger partial charge < -0.3 is 10.0 Å². The van der Waals surface area contributed by atoms with Crippen molar-refractivity contribution >= 4 is 18.0 Å². The molecular formula is C17H23NO3. The quantitative estimate of drug-likeness (QED) is 0.847. The minimum Gasteiger partial charge on any atom is -0.478 e. The van der Waals surface area contributed by atoms with Crippen molar-refractivity contribution in [2.45, 2.75) is 33.7 Å². The third kappa shape index (κ3) is 4.45. The number of aryl methyl sites for hydroxylation is 1. The van der Waals surface area contributed by atoms with E-state index in [-0.39, 0.29) is 11.9 Å². The standard InChI is InChI=1S/C17H23NO3/c1-11(2)13(4)18(5)17(21)15-7-6-14(12(3)10-15)8-9-16(19)20/h6-11,13H,1-5H3,(H,19,20)/b9-8+. The molecule has 1 aromatic rings. The molecule has 0 aliphatic rings. The van der Waals surface area contributed by atoms with Crippen LogP contribution >= 0.6 is 0 Å². The largest absolute Gasteiger partial charge is 0.478 e. The molecule has 1 aromatic carbocycles. The second-order valence-corrected chi connectivity index (χ2v) is 5.64. The Morgan fingerprint density at radius 2 is 1.86 bits per heavy atom. The van der Waals surface area contributed by atoms with E-state index in [2.05, 4.69) is 13.8 Å². The molecule has 0 fully saturated rings. The number of hydrogen-bond donors (Lipinski definition) is 1. The van der Waals surface area contributed by atoms with Gasteiger partial charge in [-0.05, 0) is 49.1 Å². The van der Waals surface area contributed by atoms with Gasteiger partial charge >= 0.3 is 5.97 Å². The number of carbonyl (C=O) groups excluding carboxylic acids is 1. The zero-order valence-corrected chi connectivity index (χ0v) is 13.3. The van der Waals surface area contributed by atoms with Crippen molar-refractivity contribution < 1.29 is 14.7 Å². The van der Waals surface area contributed by atoms with Crippen molar-refractivity contribution in [3.63, 3.8) is 0 Å². The molecule has 0 aliphatic carbocycles. The first-order chi connectivity index (χ1) is 9.73. The summed E-state index contributed by atoms with van der Waals surface area (Å²) in [5.41, 5.74) is 2.30. The zero-order chi connectivity index (χ0) is 16.2. The van der Waals surface area contributed by atoms with E-state index >= 15 is 0 Å². The van der Waals surface area contributed by atoms with Crippen LogP contribution in [0.2, 0.25) is 0 Å². The summed E-state index contributed by atoms with van der Waals surface area (Å²) in [6.45, 7) is 8.06. The molecule has 1 amide bonds. The maximum atomic E-state index is 12.4. The molecule has 0 aromatic heterocycles. The summed E-state index contributed by atoms with van der Waals surface area (Å²) in [4.78, 5) is 24.7. The number of carboxylic acids is 1. The van der Waals surface area contributed by atoms with E-state index in [4.69, 9.17) is 5.11 Å². The van der Waals surface area contributed by atoms with Crippen LogP contribution in [0.25, 0.3) is 6.08 Å². The van der Waals surface area contributed by atoms with Crippen molar-refractivity contribution in [2.75, 3.05) is 7.05 Å². The van der Waals surface area contributed by atoms with E-state index in [0.29, 0.717) is 11.5 Å². The van der Waals surface area contributed by atoms with Gasteiger partial charge in [0.25, 0.3) is 5.91 Å². The van der Waals surface area contributed by atoms with Crippen LogP contribution in [0.1, 0.15) is 42.3 Å². The Balaban J connectivity index is 2.98. The number of carboxylic acid groups (broad SMARTS) is 1. The second-order valence-electron chi connectivity index (χ2n) is 5.64. The summed E-state index contributed by atoms with van der Waals surface area (Å²) in [6, 6.07) is 5.47. The topological polar surface area (TPSA) is 57.6 Å². The maximum Gasteiger partial charge on any atom is 0.328 e. The third-order valence-corrected chi connectivity index (χ3v) is 3.82. The lowest BCUT2D eigenvalue weighted by Crippen LogP contribution is -2.38. The van der Waals surface area contributed by atoms with Crippen LogP contribution < -0.4 is 0 Å². The number of rotatable bonds is 5. The van der Waals surface area contributed by atoms with Crippen molar-refractivity contribution in [2.24, 2.45) is 5.92 Å². The fourth-order valence-electron chi connectivity index (χ4n) is 1.99. The fourth-order valence-corrected chi connectivity index (χ4v) is 1.99. The van der Waals surface area contributed by atoms with Gasteiger partial charge in [0, 0.05) is 24.7 Å². The molecule has 1 atom stereocenters. The predicted octanol–water partition coefficient (Wildman–Crippen LogP) is 3.21. The van der Waals surface area contributed by atoms with Crippen LogP contribution in [0.4, 0.5) is 0 Å². The van der Waals surface area contributed by atoms with Gasteiger partial charge in [0.1, 0.15) is 0 Å². The molecule has 1 rings (SSSR count). The zero-order valence-electron chi connectivity index (χ0n) is 13.3. The summed E-state index contributed by atoms with van der Waals surface area (Å²) in [6.07, 6.45) is 2.63. The van der Waals surface area contributed by atoms with Gasteiger partial charge in [0.2, 0.25) is 0 Å². The Morgan fingerprint density at radius 3 is 2.33 bits per heavy atom. The van der Waals surface area contributed by atoms with Gasteiger partial charge in [-0.15, -0.1) is 0 Å². The Labute approximate surface area is 126 Å². The lowest BCUT2D eigenvalue weighted by molar-refractivity contribution is -0.131. The molecule has 0 aliphatic heterocycles. The fraction of sp³-hybridized carbons (Fsp3) is 0.412. The normalized spacial score (nSPS) is 12.7. The summed E-state index contributed by atoms with van der Waals surface area (Å²) < 4.78 is 0. The highest BCUT2D eigenvalue weighted by Gasteiger charge is 2.20. The van der Waals surface area contributed by atoms with Crippen LogP contribution in [0.5, 0.6) is 0 Å². The number of hydrogen-bond acceptors (Lipinski definition) is 2. The third-order valence-electron chi connectivity index (χ3n) is 3.82. The van der Waals surface area contributed by atoms with Crippen molar-refractivity contribution in [1.82, 2.24) is 4.90 Å². The van der Waals surface area contributed by atoms with Crippen molar-refractivity contribution in [1.29, 1.82) is 0 Å². The van der Waals surface area contributed by atoms with E-state index < -0.39 is 5.97 Å². The molecule has 4 nitrogen and oxygen atoms in total. The van der Waals surface area contributed by atoms with Crippen molar-refractivity contribution in [3.8, 4) is 0 Å². The predicted molar refractivity (Wildman–Crippen MR) is 84.2 cm³/mol. The summed E-state index contributed by atoms with van der Waals surface area (Å²) in [7, 11) is 1.81. The lowest BCUT2D eigenvalue weighted by Gasteiger charge is -2.28. The molecule has 114 valence electrons. The Kier molecular flexibility index (Phi) is 5.70. The van der Waals surface area contributed by atoms with Gasteiger partial charge in [-0.2, -0.15) is 0 Å². The van der Waals surface area contributed by atoms with Crippen molar-refractivity contribution in [3.05, 3.63) is 41.0 Å². The molecule has 0 heterocycles. The van der Waals surface area contributed by atoms with E-state index in [1.807, 2.05) is 13.8 Å². The Hall–Kier alpha value is -2.10. The highest BCUT2D eigenvalue weighted by Crippen LogP contribution is 2.17. The van der Waals surface area contributed by atoms with E-state index in [9.17, 15) is 9.59 Å². The first kappa shape index (κ1) is 17.0. The minimum atomic E-state index is -0.986. The monoisotopic (exact) mass is 289 g/mol. The number of aliphatic carboxylic acids is 1. The van der Waals surface area contributed by atoms with Crippen LogP contribution in [-0.4, -0.2) is 35.0 Å². The number of carbonyl (C=O) groups is 2. The molecule has 0 bridgehead atoms. The van der Waals surface area contributed by atoms with Gasteiger partial charge in [-0.1, -0.05) is 19.9 Å². The van der Waals surface area contributed by atoms with E-state index in [1.54, 1.807) is 30.1 Å². The molecule has 4 heteroatoms. The molecule has 0 saturated heterocycles. The molecule has 0 radical (unpaired) electrons. The number of benzene rings is 1. The summed E-state index contributed by atoms with van der Waals surface area (Å²) >= 11 is 0. The van der Waals surface area contributed by atoms with Crippen LogP contribution in [-0.2, 0) is 4.79 Å². The average molecular weight is 289 g/mol. The van der Waals surface area contributed by atoms with Gasteiger partial charge in [0.15, 0.2) is 0 Å². The second kappa shape index (κ2) is 7.07. The van der Waals surface area contributed by atoms with Gasteiger partial charge in [-0.25, -0.2) is 4.79 Å². The Bertz CT molecular complexity index is 561. The first-order valence-electron chi connectivity index (χ1n) is 7.02. The molecule has 0 spiro atoms. The van der Waals surface area contributed by atoms with E-state index in [0.717, 1.165) is 17.2 Å². The molecule has 0 saturated carbocycles. The summed E-state index contributed by atoms with van der Waals surface area (Å²) in [5, 5.41) is 8.65. The Morgan fingerprint density at radius 1 is 1.24 bits per heavy atom.